The standard InChI is InChI=1S/C26H33ClO6/c1-3-31-22-10-7-19(8-11-22)15-21-16-20(9-12-24(21)27)25-6-4-5-23(33-25)17-32-26(28)18-30-14-13-29-2/h7-12,16,23,25H,3-6,13-15,17-18H2,1-2H3/t23-,25-/m1/s1. The third-order valence-corrected chi connectivity index (χ3v) is 5.87. The summed E-state index contributed by atoms with van der Waals surface area (Å²) in [6.45, 7) is 3.59. The Bertz CT molecular complexity index is 870. The van der Waals surface area contributed by atoms with E-state index in [1.807, 2.05) is 31.2 Å². The van der Waals surface area contributed by atoms with Crippen LogP contribution in [-0.2, 0) is 30.2 Å². The predicted octanol–water partition coefficient (Wildman–Crippen LogP) is 5.15. The molecular formula is C26H33ClO6. The first-order valence-corrected chi connectivity index (χ1v) is 11.8. The molecule has 33 heavy (non-hydrogen) atoms. The minimum Gasteiger partial charge on any atom is -0.494 e. The fourth-order valence-corrected chi connectivity index (χ4v) is 4.00. The van der Waals surface area contributed by atoms with E-state index < -0.39 is 0 Å². The summed E-state index contributed by atoms with van der Waals surface area (Å²) < 4.78 is 27.2. The molecule has 0 N–H and O–H groups in total. The Labute approximate surface area is 201 Å². The molecule has 0 spiro atoms. The zero-order chi connectivity index (χ0) is 23.5. The normalized spacial score (nSPS) is 18.2. The monoisotopic (exact) mass is 476 g/mol. The van der Waals surface area contributed by atoms with Crippen molar-refractivity contribution in [3.8, 4) is 5.75 Å². The van der Waals surface area contributed by atoms with Crippen molar-refractivity contribution in [2.24, 2.45) is 0 Å². The van der Waals surface area contributed by atoms with Gasteiger partial charge in [0.05, 0.1) is 32.0 Å². The van der Waals surface area contributed by atoms with Gasteiger partial charge >= 0.3 is 5.97 Å². The zero-order valence-corrected chi connectivity index (χ0v) is 20.1. The van der Waals surface area contributed by atoms with Crippen LogP contribution in [0.15, 0.2) is 42.5 Å². The molecule has 3 rings (SSSR count). The highest BCUT2D eigenvalue weighted by Gasteiger charge is 2.25. The SMILES string of the molecule is CCOc1ccc(Cc2cc([C@H]3CCC[C@H](COC(=O)COCCOC)O3)ccc2Cl)cc1. The molecule has 2 aromatic rings. The Morgan fingerprint density at radius 3 is 2.70 bits per heavy atom. The molecule has 0 aromatic heterocycles. The van der Waals surface area contributed by atoms with E-state index in [-0.39, 0.29) is 31.4 Å². The van der Waals surface area contributed by atoms with Gasteiger partial charge in [-0.3, -0.25) is 0 Å². The van der Waals surface area contributed by atoms with Crippen LogP contribution in [0.1, 0.15) is 49.0 Å². The molecule has 0 radical (unpaired) electrons. The summed E-state index contributed by atoms with van der Waals surface area (Å²) in [5.41, 5.74) is 3.32. The topological polar surface area (TPSA) is 63.2 Å². The molecule has 6 nitrogen and oxygen atoms in total. The molecule has 180 valence electrons. The maximum atomic E-state index is 11.8. The summed E-state index contributed by atoms with van der Waals surface area (Å²) in [6.07, 6.45) is 3.35. The van der Waals surface area contributed by atoms with E-state index in [0.29, 0.717) is 19.8 Å². The van der Waals surface area contributed by atoms with Crippen LogP contribution in [0.2, 0.25) is 5.02 Å². The van der Waals surface area contributed by atoms with Crippen LogP contribution >= 0.6 is 11.6 Å². The number of ether oxygens (including phenoxy) is 5. The van der Waals surface area contributed by atoms with Gasteiger partial charge in [0.25, 0.3) is 0 Å². The second-order valence-corrected chi connectivity index (χ2v) is 8.42. The number of rotatable bonds is 12. The van der Waals surface area contributed by atoms with Gasteiger partial charge in [-0.25, -0.2) is 4.79 Å². The molecule has 0 saturated carbocycles. The molecule has 0 amide bonds. The average molecular weight is 477 g/mol. The largest absolute Gasteiger partial charge is 0.494 e. The van der Waals surface area contributed by atoms with E-state index in [1.165, 1.54) is 5.56 Å². The summed E-state index contributed by atoms with van der Waals surface area (Å²) in [5, 5.41) is 0.738. The number of esters is 1. The number of hydrogen-bond acceptors (Lipinski definition) is 6. The maximum absolute atomic E-state index is 11.8. The molecule has 1 aliphatic rings. The lowest BCUT2D eigenvalue weighted by Crippen LogP contribution is -2.29. The summed E-state index contributed by atoms with van der Waals surface area (Å²) in [7, 11) is 1.59. The van der Waals surface area contributed by atoms with Crippen LogP contribution in [0.3, 0.4) is 0 Å². The Hall–Kier alpha value is -2.12. The fourth-order valence-electron chi connectivity index (χ4n) is 3.81. The molecule has 0 aliphatic carbocycles. The Balaban J connectivity index is 1.55. The highest BCUT2D eigenvalue weighted by molar-refractivity contribution is 6.31. The Morgan fingerprint density at radius 2 is 1.94 bits per heavy atom. The van der Waals surface area contributed by atoms with Gasteiger partial charge in [-0.15, -0.1) is 0 Å². The van der Waals surface area contributed by atoms with E-state index in [2.05, 4.69) is 18.2 Å². The van der Waals surface area contributed by atoms with Crippen molar-refractivity contribution in [3.05, 3.63) is 64.2 Å². The highest BCUT2D eigenvalue weighted by atomic mass is 35.5. The summed E-state index contributed by atoms with van der Waals surface area (Å²) in [6, 6.07) is 14.2. The Kier molecular flexibility index (Phi) is 10.5. The Morgan fingerprint density at radius 1 is 1.12 bits per heavy atom. The zero-order valence-electron chi connectivity index (χ0n) is 19.4. The van der Waals surface area contributed by atoms with Crippen molar-refractivity contribution in [2.75, 3.05) is 40.1 Å². The van der Waals surface area contributed by atoms with E-state index in [0.717, 1.165) is 47.6 Å². The first-order chi connectivity index (χ1) is 16.1. The summed E-state index contributed by atoms with van der Waals surface area (Å²) in [5.74, 6) is 0.478. The molecule has 1 saturated heterocycles. The number of halogens is 1. The first kappa shape index (κ1) is 25.5. The van der Waals surface area contributed by atoms with Crippen molar-refractivity contribution in [3.63, 3.8) is 0 Å². The van der Waals surface area contributed by atoms with Crippen molar-refractivity contribution in [2.45, 2.75) is 44.8 Å². The molecule has 1 aliphatic heterocycles. The van der Waals surface area contributed by atoms with Crippen LogP contribution in [0.5, 0.6) is 5.75 Å². The average Bonchev–Trinajstić information content (AvgIpc) is 2.83. The van der Waals surface area contributed by atoms with Gasteiger partial charge in [-0.05, 0) is 67.5 Å². The van der Waals surface area contributed by atoms with Crippen LogP contribution in [0.25, 0.3) is 0 Å². The smallest absolute Gasteiger partial charge is 0.332 e. The highest BCUT2D eigenvalue weighted by Crippen LogP contribution is 2.33. The number of carbonyl (C=O) groups excluding carboxylic acids is 1. The van der Waals surface area contributed by atoms with Crippen molar-refractivity contribution in [1.29, 1.82) is 0 Å². The summed E-state index contributed by atoms with van der Waals surface area (Å²) >= 11 is 6.50. The number of carbonyl (C=O) groups is 1. The molecule has 7 heteroatoms. The maximum Gasteiger partial charge on any atom is 0.332 e. The minimum absolute atomic E-state index is 0.0447. The van der Waals surface area contributed by atoms with E-state index in [9.17, 15) is 4.79 Å². The van der Waals surface area contributed by atoms with Gasteiger partial charge in [0.2, 0.25) is 0 Å². The van der Waals surface area contributed by atoms with Crippen molar-refractivity contribution in [1.82, 2.24) is 0 Å². The van der Waals surface area contributed by atoms with Gasteiger partial charge in [0.1, 0.15) is 19.0 Å². The number of hydrogen-bond donors (Lipinski definition) is 0. The van der Waals surface area contributed by atoms with Crippen molar-refractivity contribution >= 4 is 17.6 Å². The van der Waals surface area contributed by atoms with E-state index >= 15 is 0 Å². The number of methoxy groups -OCH3 is 1. The predicted molar refractivity (Wildman–Crippen MR) is 127 cm³/mol. The minimum atomic E-state index is -0.388. The lowest BCUT2D eigenvalue weighted by atomic mass is 9.95. The van der Waals surface area contributed by atoms with Gasteiger partial charge < -0.3 is 23.7 Å². The second kappa shape index (κ2) is 13.6. The van der Waals surface area contributed by atoms with Gasteiger partial charge in [0.15, 0.2) is 0 Å². The number of benzene rings is 2. The molecule has 2 atom stereocenters. The molecular weight excluding hydrogens is 444 g/mol. The second-order valence-electron chi connectivity index (χ2n) is 8.01. The van der Waals surface area contributed by atoms with Gasteiger partial charge in [-0.1, -0.05) is 35.9 Å². The van der Waals surface area contributed by atoms with Crippen LogP contribution < -0.4 is 4.74 Å². The molecule has 0 bridgehead atoms. The molecule has 2 aromatic carbocycles. The molecule has 1 fully saturated rings. The van der Waals surface area contributed by atoms with E-state index in [4.69, 9.17) is 35.3 Å². The van der Waals surface area contributed by atoms with Gasteiger partial charge in [-0.2, -0.15) is 0 Å². The van der Waals surface area contributed by atoms with Crippen molar-refractivity contribution < 1.29 is 28.5 Å². The quantitative estimate of drug-likeness (QED) is 0.312. The van der Waals surface area contributed by atoms with Crippen LogP contribution in [0, 0.1) is 0 Å². The van der Waals surface area contributed by atoms with Crippen LogP contribution in [-0.4, -0.2) is 52.2 Å². The molecule has 0 unspecified atom stereocenters. The van der Waals surface area contributed by atoms with Crippen LogP contribution in [0.4, 0.5) is 0 Å². The van der Waals surface area contributed by atoms with E-state index in [1.54, 1.807) is 7.11 Å². The third kappa shape index (κ3) is 8.31. The lowest BCUT2D eigenvalue weighted by molar-refractivity contribution is -0.157. The fraction of sp³-hybridized carbons (Fsp3) is 0.500. The third-order valence-electron chi connectivity index (χ3n) is 5.50. The molecule has 1 heterocycles. The lowest BCUT2D eigenvalue weighted by Gasteiger charge is -2.30. The van der Waals surface area contributed by atoms with Gasteiger partial charge in [0, 0.05) is 12.1 Å². The first-order valence-electron chi connectivity index (χ1n) is 11.5. The summed E-state index contributed by atoms with van der Waals surface area (Å²) in [4.78, 5) is 11.8.